The van der Waals surface area contributed by atoms with Crippen LogP contribution in [0, 0.1) is 5.92 Å². The number of hydrogen-bond donors (Lipinski definition) is 2. The van der Waals surface area contributed by atoms with Gasteiger partial charge in [-0.2, -0.15) is 0 Å². The van der Waals surface area contributed by atoms with Gasteiger partial charge < -0.3 is 20.1 Å². The largest absolute Gasteiger partial charge is 0.491 e. The predicted octanol–water partition coefficient (Wildman–Crippen LogP) is 2.57. The normalized spacial score (nSPS) is 21.3. The highest BCUT2D eigenvalue weighted by atomic mass is 16.5. The van der Waals surface area contributed by atoms with Crippen LogP contribution in [0.4, 0.5) is 0 Å². The van der Waals surface area contributed by atoms with Crippen molar-refractivity contribution in [3.8, 4) is 5.75 Å². The van der Waals surface area contributed by atoms with Crippen LogP contribution in [-0.2, 0) is 16.1 Å². The molecule has 1 aromatic rings. The number of nitrogens with one attached hydrogen (secondary N) is 1. The van der Waals surface area contributed by atoms with Crippen LogP contribution in [-0.4, -0.2) is 71.1 Å². The first kappa shape index (κ1) is 24.5. The minimum atomic E-state index is -0.710. The molecule has 7 heteroatoms. The number of hydrogen-bond acceptors (Lipinski definition) is 5. The van der Waals surface area contributed by atoms with Crippen LogP contribution in [0.25, 0.3) is 0 Å². The van der Waals surface area contributed by atoms with E-state index in [1.807, 2.05) is 29.2 Å². The predicted molar refractivity (Wildman–Crippen MR) is 124 cm³/mol. The molecule has 1 unspecified atom stereocenters. The highest BCUT2D eigenvalue weighted by Crippen LogP contribution is 2.34. The molecule has 2 aliphatic rings. The number of unbranched alkanes of at least 4 members (excludes halogenated alkanes) is 1. The topological polar surface area (TPSA) is 82.1 Å². The molecule has 1 atom stereocenters. The summed E-state index contributed by atoms with van der Waals surface area (Å²) in [5.41, 5.74) is 0.472. The average molecular weight is 446 g/mol. The molecule has 1 aromatic carbocycles. The molecule has 0 bridgehead atoms. The standard InChI is InChI=1S/C25H39N3O4/c1-4-5-12-28-23(30)22(17-19(2)3)26-24(31)25(28)10-13-27(14-11-25)18-20-6-8-21(9-7-20)32-16-15-29/h6-9,19,22,29H,4-5,10-18H2,1-3H3,(H,26,31). The summed E-state index contributed by atoms with van der Waals surface area (Å²) < 4.78 is 5.43. The summed E-state index contributed by atoms with van der Waals surface area (Å²) >= 11 is 0. The van der Waals surface area contributed by atoms with E-state index in [9.17, 15) is 9.59 Å². The third kappa shape index (κ3) is 5.62. The number of aliphatic hydroxyl groups excluding tert-OH is 1. The first-order valence-corrected chi connectivity index (χ1v) is 12.1. The Kier molecular flexibility index (Phi) is 8.54. The molecule has 0 saturated carbocycles. The Morgan fingerprint density at radius 3 is 2.47 bits per heavy atom. The zero-order chi connectivity index (χ0) is 23.1. The van der Waals surface area contributed by atoms with E-state index < -0.39 is 11.6 Å². The van der Waals surface area contributed by atoms with Crippen molar-refractivity contribution in [2.24, 2.45) is 5.92 Å². The lowest BCUT2D eigenvalue weighted by molar-refractivity contribution is -0.161. The van der Waals surface area contributed by atoms with E-state index >= 15 is 0 Å². The molecule has 2 heterocycles. The zero-order valence-electron chi connectivity index (χ0n) is 19.8. The second-order valence-corrected chi connectivity index (χ2v) is 9.52. The summed E-state index contributed by atoms with van der Waals surface area (Å²) in [5, 5.41) is 11.9. The maximum absolute atomic E-state index is 13.3. The lowest BCUT2D eigenvalue weighted by Crippen LogP contribution is -2.73. The van der Waals surface area contributed by atoms with Gasteiger partial charge in [0, 0.05) is 26.2 Å². The van der Waals surface area contributed by atoms with E-state index in [-0.39, 0.29) is 18.4 Å². The Morgan fingerprint density at radius 2 is 1.88 bits per heavy atom. The molecule has 32 heavy (non-hydrogen) atoms. The maximum atomic E-state index is 13.3. The zero-order valence-corrected chi connectivity index (χ0v) is 19.8. The van der Waals surface area contributed by atoms with Crippen molar-refractivity contribution in [2.75, 3.05) is 32.8 Å². The summed E-state index contributed by atoms with van der Waals surface area (Å²) in [4.78, 5) is 30.9. The van der Waals surface area contributed by atoms with Crippen LogP contribution < -0.4 is 10.1 Å². The van der Waals surface area contributed by atoms with Crippen molar-refractivity contribution in [2.45, 2.75) is 71.0 Å². The fourth-order valence-electron chi connectivity index (χ4n) is 4.84. The molecule has 178 valence electrons. The van der Waals surface area contributed by atoms with Crippen molar-refractivity contribution >= 4 is 11.8 Å². The SMILES string of the molecule is CCCCN1C(=O)C(CC(C)C)NC(=O)C12CCN(Cc1ccc(OCCO)cc1)CC2. The van der Waals surface area contributed by atoms with E-state index in [0.717, 1.165) is 38.2 Å². The Balaban J connectivity index is 1.65. The van der Waals surface area contributed by atoms with Gasteiger partial charge in [0.05, 0.1) is 6.61 Å². The van der Waals surface area contributed by atoms with Gasteiger partial charge in [-0.25, -0.2) is 0 Å². The van der Waals surface area contributed by atoms with E-state index in [4.69, 9.17) is 9.84 Å². The van der Waals surface area contributed by atoms with Crippen molar-refractivity contribution in [3.63, 3.8) is 0 Å². The molecule has 2 amide bonds. The number of benzene rings is 1. The van der Waals surface area contributed by atoms with Crippen LogP contribution in [0.2, 0.25) is 0 Å². The number of ether oxygens (including phenoxy) is 1. The van der Waals surface area contributed by atoms with Gasteiger partial charge in [-0.3, -0.25) is 14.5 Å². The third-order valence-corrected chi connectivity index (χ3v) is 6.62. The number of piperazine rings is 1. The number of rotatable bonds is 10. The lowest BCUT2D eigenvalue weighted by Gasteiger charge is -2.52. The first-order chi connectivity index (χ1) is 15.4. The number of likely N-dealkylation sites (tertiary alicyclic amines) is 1. The maximum Gasteiger partial charge on any atom is 0.246 e. The molecule has 0 aliphatic carbocycles. The summed E-state index contributed by atoms with van der Waals surface area (Å²) in [6.45, 7) is 9.61. The van der Waals surface area contributed by atoms with Crippen LogP contribution in [0.5, 0.6) is 5.75 Å². The van der Waals surface area contributed by atoms with E-state index in [1.54, 1.807) is 0 Å². The fourth-order valence-corrected chi connectivity index (χ4v) is 4.84. The van der Waals surface area contributed by atoms with Crippen LogP contribution >= 0.6 is 0 Å². The molecule has 2 saturated heterocycles. The van der Waals surface area contributed by atoms with Gasteiger partial charge in [-0.05, 0) is 49.3 Å². The number of carbonyl (C=O) groups excluding carboxylic acids is 2. The van der Waals surface area contributed by atoms with Crippen LogP contribution in [0.1, 0.15) is 58.4 Å². The Bertz CT molecular complexity index is 757. The second kappa shape index (κ2) is 11.1. The van der Waals surface area contributed by atoms with Crippen molar-refractivity contribution in [1.29, 1.82) is 0 Å². The van der Waals surface area contributed by atoms with Gasteiger partial charge >= 0.3 is 0 Å². The molecular formula is C25H39N3O4. The highest BCUT2D eigenvalue weighted by molar-refractivity contribution is 6.00. The minimum Gasteiger partial charge on any atom is -0.491 e. The number of carbonyl (C=O) groups is 2. The fraction of sp³-hybridized carbons (Fsp3) is 0.680. The third-order valence-electron chi connectivity index (χ3n) is 6.62. The number of aliphatic hydroxyl groups is 1. The number of piperidine rings is 1. The molecule has 3 rings (SSSR count). The van der Waals surface area contributed by atoms with Crippen molar-refractivity contribution in [1.82, 2.24) is 15.1 Å². The molecule has 1 spiro atoms. The Hall–Kier alpha value is -2.12. The molecule has 7 nitrogen and oxygen atoms in total. The molecule has 0 radical (unpaired) electrons. The van der Waals surface area contributed by atoms with E-state index in [2.05, 4.69) is 31.0 Å². The molecule has 2 N–H and O–H groups in total. The van der Waals surface area contributed by atoms with Gasteiger partial charge in [0.2, 0.25) is 11.8 Å². The summed E-state index contributed by atoms with van der Waals surface area (Å²) in [6.07, 6.45) is 3.94. The van der Waals surface area contributed by atoms with Gasteiger partial charge in [0.15, 0.2) is 0 Å². The Labute approximate surface area is 192 Å². The smallest absolute Gasteiger partial charge is 0.246 e. The molecule has 2 fully saturated rings. The van der Waals surface area contributed by atoms with E-state index in [1.165, 1.54) is 5.56 Å². The molecule has 0 aromatic heterocycles. The second-order valence-electron chi connectivity index (χ2n) is 9.52. The minimum absolute atomic E-state index is 0.000843. The van der Waals surface area contributed by atoms with E-state index in [0.29, 0.717) is 38.3 Å². The number of amides is 2. The van der Waals surface area contributed by atoms with Gasteiger partial charge in [-0.1, -0.05) is 39.3 Å². The van der Waals surface area contributed by atoms with Crippen molar-refractivity contribution < 1.29 is 19.4 Å². The first-order valence-electron chi connectivity index (χ1n) is 12.1. The van der Waals surface area contributed by atoms with Crippen molar-refractivity contribution in [3.05, 3.63) is 29.8 Å². The van der Waals surface area contributed by atoms with Gasteiger partial charge in [0.1, 0.15) is 23.9 Å². The van der Waals surface area contributed by atoms with Crippen LogP contribution in [0.15, 0.2) is 24.3 Å². The summed E-state index contributed by atoms with van der Waals surface area (Å²) in [6, 6.07) is 7.53. The summed E-state index contributed by atoms with van der Waals surface area (Å²) in [5.74, 6) is 1.23. The Morgan fingerprint density at radius 1 is 1.19 bits per heavy atom. The monoisotopic (exact) mass is 445 g/mol. The summed E-state index contributed by atoms with van der Waals surface area (Å²) in [7, 11) is 0. The average Bonchev–Trinajstić information content (AvgIpc) is 2.78. The highest BCUT2D eigenvalue weighted by Gasteiger charge is 2.53. The molecular weight excluding hydrogens is 406 g/mol. The van der Waals surface area contributed by atoms with Crippen LogP contribution in [0.3, 0.4) is 0 Å². The molecule has 2 aliphatic heterocycles. The van der Waals surface area contributed by atoms with Gasteiger partial charge in [-0.15, -0.1) is 0 Å². The lowest BCUT2D eigenvalue weighted by atomic mass is 9.80. The van der Waals surface area contributed by atoms with Gasteiger partial charge in [0.25, 0.3) is 0 Å². The quantitative estimate of drug-likeness (QED) is 0.579. The number of nitrogens with zero attached hydrogens (tertiary/aromatic N) is 2.